The van der Waals surface area contributed by atoms with E-state index in [0.717, 1.165) is 11.1 Å². The highest BCUT2D eigenvalue weighted by atomic mass is 35.5. The number of halogens is 1. The normalized spacial score (nSPS) is 13.3. The molecule has 0 atom stereocenters. The van der Waals surface area contributed by atoms with E-state index < -0.39 is 0 Å². The molecule has 0 aliphatic carbocycles. The van der Waals surface area contributed by atoms with E-state index >= 15 is 0 Å². The fraction of sp³-hybridized carbons (Fsp3) is 0.333. The molecule has 0 spiro atoms. The number of carbonyl (C=O) groups is 1. The zero-order chi connectivity index (χ0) is 17.4. The third-order valence-corrected chi connectivity index (χ3v) is 4.17. The number of nitrogens with zero attached hydrogens (tertiary/aromatic N) is 4. The summed E-state index contributed by atoms with van der Waals surface area (Å²) in [5, 5.41) is 0.199. The number of carbonyl (C=O) groups excluding carboxylic acids is 1. The quantitative estimate of drug-likeness (QED) is 0.509. The molecule has 24 heavy (non-hydrogen) atoms. The molecule has 0 radical (unpaired) electrons. The molecule has 9 heteroatoms. The van der Waals surface area contributed by atoms with Crippen LogP contribution in [-0.2, 0) is 22.6 Å². The fourth-order valence-corrected chi connectivity index (χ4v) is 2.88. The van der Waals surface area contributed by atoms with Gasteiger partial charge in [-0.2, -0.15) is 9.87 Å². The van der Waals surface area contributed by atoms with E-state index in [1.807, 2.05) is 13.8 Å². The molecule has 1 aliphatic rings. The smallest absolute Gasteiger partial charge is 0.233 e. The molecule has 1 aliphatic heterocycles. The molecule has 0 fully saturated rings. The van der Waals surface area contributed by atoms with Crippen molar-refractivity contribution in [3.05, 3.63) is 33.7 Å². The van der Waals surface area contributed by atoms with Gasteiger partial charge in [-0.25, -0.2) is 4.98 Å². The molecule has 2 N–H and O–H groups in total. The third kappa shape index (κ3) is 2.74. The number of nitrogens with two attached hydrogens (primary N) is 1. The summed E-state index contributed by atoms with van der Waals surface area (Å²) >= 11 is 6.06. The summed E-state index contributed by atoms with van der Waals surface area (Å²) in [7, 11) is 1.43. The van der Waals surface area contributed by atoms with Gasteiger partial charge < -0.3 is 10.6 Å². The Bertz CT molecular complexity index is 827. The Labute approximate surface area is 143 Å². The molecule has 0 bridgehead atoms. The average Bonchev–Trinajstić information content (AvgIpc) is 2.83. The number of nitrogen functional groups attached to an aromatic ring is 1. The van der Waals surface area contributed by atoms with Gasteiger partial charge in [-0.05, 0) is 13.8 Å². The Hall–Kier alpha value is -2.45. The zero-order valence-electron chi connectivity index (χ0n) is 13.5. The maximum absolute atomic E-state index is 12.4. The third-order valence-electron chi connectivity index (χ3n) is 3.86. The predicted octanol–water partition coefficient (Wildman–Crippen LogP) is 1.75. The molecule has 0 unspecified atom stereocenters. The molecule has 3 heterocycles. The van der Waals surface area contributed by atoms with Gasteiger partial charge in [0.1, 0.15) is 11.0 Å². The topological polar surface area (TPSA) is 103 Å². The summed E-state index contributed by atoms with van der Waals surface area (Å²) in [5.41, 5.74) is 8.51. The first-order valence-electron chi connectivity index (χ1n) is 7.20. The van der Waals surface area contributed by atoms with Crippen molar-refractivity contribution in [3.8, 4) is 5.75 Å². The number of aromatic nitrogens is 3. The van der Waals surface area contributed by atoms with Crippen LogP contribution < -0.4 is 15.5 Å². The Morgan fingerprint density at radius 3 is 2.83 bits per heavy atom. The molecule has 126 valence electrons. The van der Waals surface area contributed by atoms with Gasteiger partial charge in [-0.15, -0.1) is 0 Å². The molecule has 2 aromatic rings. The molecular formula is C15H16ClN5O3. The lowest BCUT2D eigenvalue weighted by Crippen LogP contribution is -2.28. The van der Waals surface area contributed by atoms with Gasteiger partial charge in [0.2, 0.25) is 11.9 Å². The van der Waals surface area contributed by atoms with E-state index in [1.54, 1.807) is 6.20 Å². The summed E-state index contributed by atoms with van der Waals surface area (Å²) in [6, 6.07) is 0. The van der Waals surface area contributed by atoms with E-state index in [-0.39, 0.29) is 30.0 Å². The van der Waals surface area contributed by atoms with Crippen molar-refractivity contribution >= 4 is 29.3 Å². The number of fused-ring (bicyclic) bond motifs is 1. The highest BCUT2D eigenvalue weighted by molar-refractivity contribution is 6.31. The van der Waals surface area contributed by atoms with Gasteiger partial charge >= 0.3 is 0 Å². The van der Waals surface area contributed by atoms with Crippen molar-refractivity contribution in [2.24, 2.45) is 0 Å². The summed E-state index contributed by atoms with van der Waals surface area (Å²) < 4.78 is 0. The van der Waals surface area contributed by atoms with Crippen LogP contribution in [0.5, 0.6) is 5.75 Å². The van der Waals surface area contributed by atoms with E-state index in [1.165, 1.54) is 12.0 Å². The fourth-order valence-electron chi connectivity index (χ4n) is 2.64. The van der Waals surface area contributed by atoms with Crippen LogP contribution >= 0.6 is 11.6 Å². The highest BCUT2D eigenvalue weighted by Crippen LogP contribution is 2.34. The zero-order valence-corrected chi connectivity index (χ0v) is 14.2. The lowest BCUT2D eigenvalue weighted by Gasteiger charge is -2.19. The molecule has 0 aromatic carbocycles. The molecule has 0 saturated heterocycles. The minimum absolute atomic E-state index is 0.0236. The van der Waals surface area contributed by atoms with Crippen LogP contribution in [-0.4, -0.2) is 28.0 Å². The van der Waals surface area contributed by atoms with Crippen molar-refractivity contribution in [2.45, 2.75) is 26.8 Å². The molecule has 1 amide bonds. The first-order chi connectivity index (χ1) is 11.4. The van der Waals surface area contributed by atoms with Gasteiger partial charge in [-0.3, -0.25) is 14.7 Å². The molecule has 0 saturated carbocycles. The van der Waals surface area contributed by atoms with Crippen LogP contribution in [0.3, 0.4) is 0 Å². The lowest BCUT2D eigenvalue weighted by molar-refractivity contribution is -0.179. The van der Waals surface area contributed by atoms with E-state index in [0.29, 0.717) is 22.8 Å². The van der Waals surface area contributed by atoms with Crippen molar-refractivity contribution in [1.82, 2.24) is 15.0 Å². The Morgan fingerprint density at radius 1 is 1.38 bits per heavy atom. The predicted molar refractivity (Wildman–Crippen MR) is 87.7 cm³/mol. The Morgan fingerprint density at radius 2 is 2.12 bits per heavy atom. The van der Waals surface area contributed by atoms with Crippen LogP contribution in [0.4, 0.5) is 11.8 Å². The number of aryl methyl sites for hydroxylation is 1. The van der Waals surface area contributed by atoms with Gasteiger partial charge in [0, 0.05) is 22.9 Å². The Balaban J connectivity index is 1.99. The maximum atomic E-state index is 12.4. The van der Waals surface area contributed by atoms with E-state index in [4.69, 9.17) is 27.1 Å². The summed E-state index contributed by atoms with van der Waals surface area (Å²) in [6.07, 6.45) is 1.81. The van der Waals surface area contributed by atoms with E-state index in [2.05, 4.69) is 15.0 Å². The number of hydrogen-bond donors (Lipinski definition) is 1. The molecule has 3 rings (SSSR count). The molecule has 2 aromatic heterocycles. The second kappa shape index (κ2) is 6.21. The minimum Gasteiger partial charge on any atom is -0.368 e. The first-order valence-corrected chi connectivity index (χ1v) is 7.58. The Kier molecular flexibility index (Phi) is 4.25. The van der Waals surface area contributed by atoms with E-state index in [9.17, 15) is 4.79 Å². The van der Waals surface area contributed by atoms with Crippen LogP contribution in [0.15, 0.2) is 6.20 Å². The second-order valence-electron chi connectivity index (χ2n) is 5.42. The van der Waals surface area contributed by atoms with Gasteiger partial charge in [0.15, 0.2) is 5.75 Å². The summed E-state index contributed by atoms with van der Waals surface area (Å²) in [4.78, 5) is 36.3. The largest absolute Gasteiger partial charge is 0.368 e. The first kappa shape index (κ1) is 16.4. The van der Waals surface area contributed by atoms with Gasteiger partial charge in [-0.1, -0.05) is 11.6 Å². The van der Waals surface area contributed by atoms with Crippen molar-refractivity contribution < 1.29 is 14.6 Å². The highest BCUT2D eigenvalue weighted by Gasteiger charge is 2.32. The standard InChI is InChI=1S/C15H16ClN5O3/c1-7-5-18-10(8(2)12(7)24-23-3)6-21-11(22)4-9-13(16)19-15(17)20-14(9)21/h5H,4,6H2,1-3H3,(H2,17,19,20). The van der Waals surface area contributed by atoms with Crippen molar-refractivity contribution in [1.29, 1.82) is 0 Å². The summed E-state index contributed by atoms with van der Waals surface area (Å²) in [6.45, 7) is 3.94. The van der Waals surface area contributed by atoms with Crippen molar-refractivity contribution in [2.75, 3.05) is 17.7 Å². The second-order valence-corrected chi connectivity index (χ2v) is 5.78. The number of rotatable bonds is 4. The van der Waals surface area contributed by atoms with Gasteiger partial charge in [0.05, 0.1) is 25.8 Å². The monoisotopic (exact) mass is 349 g/mol. The van der Waals surface area contributed by atoms with Crippen LogP contribution in [0.25, 0.3) is 0 Å². The minimum atomic E-state index is -0.136. The average molecular weight is 350 g/mol. The summed E-state index contributed by atoms with van der Waals surface area (Å²) in [5.74, 6) is 0.890. The molecule has 8 nitrogen and oxygen atoms in total. The van der Waals surface area contributed by atoms with Crippen LogP contribution in [0.1, 0.15) is 22.4 Å². The van der Waals surface area contributed by atoms with Crippen LogP contribution in [0.2, 0.25) is 5.15 Å². The van der Waals surface area contributed by atoms with Crippen molar-refractivity contribution in [3.63, 3.8) is 0 Å². The number of hydrogen-bond acceptors (Lipinski definition) is 7. The SMILES string of the molecule is COOc1c(C)cnc(CN2C(=O)Cc3c(Cl)nc(N)nc32)c1C. The number of anilines is 2. The molecular weight excluding hydrogens is 334 g/mol. The lowest BCUT2D eigenvalue weighted by atomic mass is 10.1. The van der Waals surface area contributed by atoms with Gasteiger partial charge in [0.25, 0.3) is 0 Å². The van der Waals surface area contributed by atoms with Crippen LogP contribution in [0, 0.1) is 13.8 Å². The maximum Gasteiger partial charge on any atom is 0.233 e. The number of amides is 1. The number of pyridine rings is 1.